The minimum Gasteiger partial charge on any atom is -0.395 e. The summed E-state index contributed by atoms with van der Waals surface area (Å²) in [6, 6.07) is 7.70. The minimum atomic E-state index is 0.0266. The maximum atomic E-state index is 12.4. The first-order chi connectivity index (χ1) is 8.72. The summed E-state index contributed by atoms with van der Waals surface area (Å²) in [5, 5.41) is 9.14. The second kappa shape index (κ2) is 6.34. The smallest absolute Gasteiger partial charge is 0.254 e. The van der Waals surface area contributed by atoms with Gasteiger partial charge in [0.15, 0.2) is 0 Å². The number of halogens is 1. The van der Waals surface area contributed by atoms with Crippen molar-refractivity contribution in [2.75, 3.05) is 13.2 Å². The molecule has 1 amide bonds. The second-order valence-electron chi connectivity index (χ2n) is 4.67. The van der Waals surface area contributed by atoms with E-state index in [1.165, 1.54) is 12.8 Å². The lowest BCUT2D eigenvalue weighted by atomic mass is 10.1. The molecule has 0 unspecified atom stereocenters. The molecule has 0 radical (unpaired) electrons. The lowest BCUT2D eigenvalue weighted by Gasteiger charge is -2.28. The summed E-state index contributed by atoms with van der Waals surface area (Å²) in [6.45, 7) is 0.457. The molecule has 0 bridgehead atoms. The Morgan fingerprint density at radius 2 is 1.89 bits per heavy atom. The summed E-state index contributed by atoms with van der Waals surface area (Å²) in [6.07, 6.45) is 4.48. The summed E-state index contributed by atoms with van der Waals surface area (Å²) in [4.78, 5) is 14.3. The van der Waals surface area contributed by atoms with E-state index in [9.17, 15) is 4.79 Å². The van der Waals surface area contributed by atoms with Gasteiger partial charge in [0.1, 0.15) is 0 Å². The molecule has 1 aromatic carbocycles. The maximum Gasteiger partial charge on any atom is 0.254 e. The van der Waals surface area contributed by atoms with Crippen molar-refractivity contribution >= 4 is 21.8 Å². The van der Waals surface area contributed by atoms with Crippen molar-refractivity contribution in [2.24, 2.45) is 0 Å². The van der Waals surface area contributed by atoms with Crippen LogP contribution in [0.3, 0.4) is 0 Å². The molecule has 0 aromatic heterocycles. The molecule has 1 aliphatic rings. The quantitative estimate of drug-likeness (QED) is 0.929. The number of amides is 1. The molecule has 2 rings (SSSR count). The SMILES string of the molecule is O=C(c1ccc(Br)cc1)N(CCO)C1CCCC1. The average molecular weight is 312 g/mol. The standard InChI is InChI=1S/C14H18BrNO2/c15-12-7-5-11(6-8-12)14(18)16(9-10-17)13-3-1-2-4-13/h5-8,13,17H,1-4,9-10H2. The van der Waals surface area contributed by atoms with Crippen molar-refractivity contribution in [1.29, 1.82) is 0 Å². The van der Waals surface area contributed by atoms with E-state index in [0.29, 0.717) is 18.2 Å². The number of nitrogens with zero attached hydrogens (tertiary/aromatic N) is 1. The third kappa shape index (κ3) is 3.12. The van der Waals surface area contributed by atoms with Crippen LogP contribution in [0.1, 0.15) is 36.0 Å². The molecule has 1 fully saturated rings. The molecule has 4 heteroatoms. The summed E-state index contributed by atoms with van der Waals surface area (Å²) in [7, 11) is 0. The molecule has 0 spiro atoms. The Morgan fingerprint density at radius 3 is 2.44 bits per heavy atom. The highest BCUT2D eigenvalue weighted by molar-refractivity contribution is 9.10. The van der Waals surface area contributed by atoms with Crippen LogP contribution in [0.15, 0.2) is 28.7 Å². The molecule has 1 saturated carbocycles. The molecular formula is C14H18BrNO2. The fourth-order valence-electron chi connectivity index (χ4n) is 2.53. The Hall–Kier alpha value is -0.870. The van der Waals surface area contributed by atoms with Gasteiger partial charge in [-0.2, -0.15) is 0 Å². The van der Waals surface area contributed by atoms with Crippen LogP contribution in [0.25, 0.3) is 0 Å². The zero-order valence-corrected chi connectivity index (χ0v) is 11.9. The number of rotatable bonds is 4. The predicted molar refractivity (Wildman–Crippen MR) is 74.5 cm³/mol. The molecule has 1 aliphatic carbocycles. The molecule has 0 heterocycles. The van der Waals surface area contributed by atoms with E-state index >= 15 is 0 Å². The van der Waals surface area contributed by atoms with Crippen molar-refractivity contribution in [3.63, 3.8) is 0 Å². The zero-order chi connectivity index (χ0) is 13.0. The van der Waals surface area contributed by atoms with Gasteiger partial charge in [-0.05, 0) is 37.1 Å². The third-order valence-electron chi connectivity index (χ3n) is 3.46. The van der Waals surface area contributed by atoms with Crippen LogP contribution < -0.4 is 0 Å². The first-order valence-electron chi connectivity index (χ1n) is 6.40. The van der Waals surface area contributed by atoms with E-state index in [4.69, 9.17) is 5.11 Å². The predicted octanol–water partition coefficient (Wildman–Crippen LogP) is 2.83. The Labute approximate surface area is 116 Å². The molecule has 0 atom stereocenters. The van der Waals surface area contributed by atoms with Crippen LogP contribution >= 0.6 is 15.9 Å². The van der Waals surface area contributed by atoms with E-state index in [-0.39, 0.29) is 12.5 Å². The summed E-state index contributed by atoms with van der Waals surface area (Å²) >= 11 is 3.36. The Morgan fingerprint density at radius 1 is 1.28 bits per heavy atom. The molecule has 1 aromatic rings. The fraction of sp³-hybridized carbons (Fsp3) is 0.500. The zero-order valence-electron chi connectivity index (χ0n) is 10.3. The van der Waals surface area contributed by atoms with Gasteiger partial charge >= 0.3 is 0 Å². The fourth-order valence-corrected chi connectivity index (χ4v) is 2.80. The highest BCUT2D eigenvalue weighted by Crippen LogP contribution is 2.25. The number of carbonyl (C=O) groups excluding carboxylic acids is 1. The van der Waals surface area contributed by atoms with E-state index < -0.39 is 0 Å². The summed E-state index contributed by atoms with van der Waals surface area (Å²) in [5.74, 6) is 0.0310. The van der Waals surface area contributed by atoms with Crippen molar-refractivity contribution in [2.45, 2.75) is 31.7 Å². The topological polar surface area (TPSA) is 40.5 Å². The van der Waals surface area contributed by atoms with Crippen molar-refractivity contribution in [1.82, 2.24) is 4.90 Å². The highest BCUT2D eigenvalue weighted by atomic mass is 79.9. The third-order valence-corrected chi connectivity index (χ3v) is 3.99. The Bertz CT molecular complexity index is 399. The monoisotopic (exact) mass is 311 g/mol. The second-order valence-corrected chi connectivity index (χ2v) is 5.58. The van der Waals surface area contributed by atoms with Gasteiger partial charge in [0, 0.05) is 22.6 Å². The first kappa shape index (κ1) is 13.6. The van der Waals surface area contributed by atoms with Crippen molar-refractivity contribution < 1.29 is 9.90 Å². The van der Waals surface area contributed by atoms with Crippen LogP contribution in [0.2, 0.25) is 0 Å². The van der Waals surface area contributed by atoms with Crippen molar-refractivity contribution in [3.8, 4) is 0 Å². The molecule has 18 heavy (non-hydrogen) atoms. The molecule has 1 N–H and O–H groups in total. The minimum absolute atomic E-state index is 0.0266. The number of aliphatic hydroxyl groups is 1. The number of hydrogen-bond acceptors (Lipinski definition) is 2. The highest BCUT2D eigenvalue weighted by Gasteiger charge is 2.26. The maximum absolute atomic E-state index is 12.4. The van der Waals surface area contributed by atoms with Gasteiger partial charge in [0.05, 0.1) is 6.61 Å². The molecule has 0 aliphatic heterocycles. The lowest BCUT2D eigenvalue weighted by Crippen LogP contribution is -2.40. The normalized spacial score (nSPS) is 15.9. The molecule has 0 saturated heterocycles. The van der Waals surface area contributed by atoms with Gasteiger partial charge in [-0.15, -0.1) is 0 Å². The van der Waals surface area contributed by atoms with Crippen LogP contribution in [0, 0.1) is 0 Å². The van der Waals surface area contributed by atoms with Gasteiger partial charge in [-0.1, -0.05) is 28.8 Å². The molecular weight excluding hydrogens is 294 g/mol. The largest absolute Gasteiger partial charge is 0.395 e. The van der Waals surface area contributed by atoms with E-state index in [1.54, 1.807) is 0 Å². The van der Waals surface area contributed by atoms with Crippen LogP contribution in [0.5, 0.6) is 0 Å². The van der Waals surface area contributed by atoms with Gasteiger partial charge in [0.25, 0.3) is 5.91 Å². The molecule has 3 nitrogen and oxygen atoms in total. The van der Waals surface area contributed by atoms with Crippen LogP contribution in [-0.2, 0) is 0 Å². The first-order valence-corrected chi connectivity index (χ1v) is 7.19. The Kier molecular flexibility index (Phi) is 4.78. The van der Waals surface area contributed by atoms with Crippen molar-refractivity contribution in [3.05, 3.63) is 34.3 Å². The van der Waals surface area contributed by atoms with Gasteiger partial charge < -0.3 is 10.0 Å². The number of benzene rings is 1. The van der Waals surface area contributed by atoms with Gasteiger partial charge in [-0.3, -0.25) is 4.79 Å². The molecule has 98 valence electrons. The van der Waals surface area contributed by atoms with E-state index in [0.717, 1.165) is 17.3 Å². The van der Waals surface area contributed by atoms with Gasteiger partial charge in [-0.25, -0.2) is 0 Å². The van der Waals surface area contributed by atoms with Crippen LogP contribution in [0.4, 0.5) is 0 Å². The number of hydrogen-bond donors (Lipinski definition) is 1. The van der Waals surface area contributed by atoms with Gasteiger partial charge in [0.2, 0.25) is 0 Å². The lowest BCUT2D eigenvalue weighted by molar-refractivity contribution is 0.0638. The van der Waals surface area contributed by atoms with E-state index in [1.807, 2.05) is 29.2 Å². The van der Waals surface area contributed by atoms with E-state index in [2.05, 4.69) is 15.9 Å². The average Bonchev–Trinajstić information content (AvgIpc) is 2.90. The Balaban J connectivity index is 2.14. The van der Waals surface area contributed by atoms with Crippen LogP contribution in [-0.4, -0.2) is 35.1 Å². The summed E-state index contributed by atoms with van der Waals surface area (Å²) in [5.41, 5.74) is 0.693. The summed E-state index contributed by atoms with van der Waals surface area (Å²) < 4.78 is 0.966. The number of aliphatic hydroxyl groups excluding tert-OH is 1. The number of carbonyl (C=O) groups is 1.